The van der Waals surface area contributed by atoms with Gasteiger partial charge in [-0.1, -0.05) is 18.2 Å². The molecular weight excluding hydrogens is 224 g/mol. The van der Waals surface area contributed by atoms with Crippen LogP contribution in [0, 0.1) is 6.92 Å². The topological polar surface area (TPSA) is 47.3 Å². The lowest BCUT2D eigenvalue weighted by atomic mass is 10.2. The highest BCUT2D eigenvalue weighted by Crippen LogP contribution is 2.28. The lowest BCUT2D eigenvalue weighted by Crippen LogP contribution is -1.99. The molecule has 0 spiro atoms. The maximum absolute atomic E-state index is 5.85. The normalized spacial score (nSPS) is 10.1. The largest absolute Gasteiger partial charge is 0.492 e. The van der Waals surface area contributed by atoms with E-state index < -0.39 is 0 Å². The Morgan fingerprint density at radius 1 is 1.17 bits per heavy atom. The highest BCUT2D eigenvalue weighted by molar-refractivity contribution is 5.68. The van der Waals surface area contributed by atoms with Crippen LogP contribution in [0.3, 0.4) is 0 Å². The molecule has 0 atom stereocenters. The summed E-state index contributed by atoms with van der Waals surface area (Å²) in [5, 5.41) is 3.36. The summed E-state index contributed by atoms with van der Waals surface area (Å²) in [5.41, 5.74) is 9.77. The zero-order valence-electron chi connectivity index (χ0n) is 10.7. The zero-order valence-corrected chi connectivity index (χ0v) is 10.7. The number of hydrogen-bond donors (Lipinski definition) is 2. The Balaban J connectivity index is 2.24. The molecule has 0 saturated heterocycles. The van der Waals surface area contributed by atoms with Gasteiger partial charge in [0, 0.05) is 17.4 Å². The van der Waals surface area contributed by atoms with Crippen molar-refractivity contribution < 1.29 is 4.74 Å². The fraction of sp³-hybridized carbons (Fsp3) is 0.200. The molecule has 94 valence electrons. The first-order chi connectivity index (χ1) is 8.70. The van der Waals surface area contributed by atoms with Crippen molar-refractivity contribution in [3.8, 4) is 5.75 Å². The molecular formula is C15H18N2O. The standard InChI is InChI=1S/C15H18N2O/c1-3-18-15-10-12(8-9-13(15)16)17-14-7-5-4-6-11(14)2/h4-10,17H,3,16H2,1-2H3. The van der Waals surface area contributed by atoms with E-state index in [1.165, 1.54) is 5.56 Å². The average molecular weight is 242 g/mol. The second-order valence-electron chi connectivity index (χ2n) is 4.13. The van der Waals surface area contributed by atoms with Crippen molar-refractivity contribution >= 4 is 17.1 Å². The molecule has 0 aliphatic heterocycles. The van der Waals surface area contributed by atoms with E-state index in [1.54, 1.807) is 0 Å². The molecule has 3 N–H and O–H groups in total. The van der Waals surface area contributed by atoms with Crippen LogP contribution in [0.15, 0.2) is 42.5 Å². The van der Waals surface area contributed by atoms with Gasteiger partial charge in [-0.15, -0.1) is 0 Å². The van der Waals surface area contributed by atoms with Crippen LogP contribution >= 0.6 is 0 Å². The van der Waals surface area contributed by atoms with Crippen LogP contribution in [0.25, 0.3) is 0 Å². The van der Waals surface area contributed by atoms with Crippen molar-refractivity contribution in [3.05, 3.63) is 48.0 Å². The Kier molecular flexibility index (Phi) is 3.72. The summed E-state index contributed by atoms with van der Waals surface area (Å²) in [4.78, 5) is 0. The summed E-state index contributed by atoms with van der Waals surface area (Å²) in [5.74, 6) is 0.719. The third-order valence-electron chi connectivity index (χ3n) is 2.74. The van der Waals surface area contributed by atoms with E-state index in [0.29, 0.717) is 12.3 Å². The average Bonchev–Trinajstić information content (AvgIpc) is 2.36. The number of anilines is 3. The van der Waals surface area contributed by atoms with E-state index in [4.69, 9.17) is 10.5 Å². The first-order valence-electron chi connectivity index (χ1n) is 6.05. The van der Waals surface area contributed by atoms with Crippen molar-refractivity contribution in [1.29, 1.82) is 0 Å². The lowest BCUT2D eigenvalue weighted by Gasteiger charge is -2.12. The van der Waals surface area contributed by atoms with E-state index in [2.05, 4.69) is 18.3 Å². The summed E-state index contributed by atoms with van der Waals surface area (Å²) in [7, 11) is 0. The minimum absolute atomic E-state index is 0.609. The number of rotatable bonds is 4. The van der Waals surface area contributed by atoms with Crippen LogP contribution in [-0.4, -0.2) is 6.61 Å². The Bertz CT molecular complexity index is 538. The van der Waals surface area contributed by atoms with Gasteiger partial charge in [0.15, 0.2) is 0 Å². The number of nitrogens with one attached hydrogen (secondary N) is 1. The fourth-order valence-corrected chi connectivity index (χ4v) is 1.76. The number of aryl methyl sites for hydroxylation is 1. The fourth-order valence-electron chi connectivity index (χ4n) is 1.76. The molecule has 18 heavy (non-hydrogen) atoms. The van der Waals surface area contributed by atoms with E-state index in [0.717, 1.165) is 17.1 Å². The smallest absolute Gasteiger partial charge is 0.144 e. The van der Waals surface area contributed by atoms with E-state index in [9.17, 15) is 0 Å². The van der Waals surface area contributed by atoms with Crippen molar-refractivity contribution in [1.82, 2.24) is 0 Å². The molecule has 2 aromatic carbocycles. The van der Waals surface area contributed by atoms with Crippen LogP contribution in [0.1, 0.15) is 12.5 Å². The van der Waals surface area contributed by atoms with Crippen LogP contribution in [0.2, 0.25) is 0 Å². The first-order valence-corrected chi connectivity index (χ1v) is 6.05. The van der Waals surface area contributed by atoms with Crippen LogP contribution in [0.5, 0.6) is 5.75 Å². The van der Waals surface area contributed by atoms with E-state index in [-0.39, 0.29) is 0 Å². The Morgan fingerprint density at radius 3 is 2.67 bits per heavy atom. The Hall–Kier alpha value is -2.16. The highest BCUT2D eigenvalue weighted by atomic mass is 16.5. The van der Waals surface area contributed by atoms with E-state index >= 15 is 0 Å². The monoisotopic (exact) mass is 242 g/mol. The van der Waals surface area contributed by atoms with Crippen molar-refractivity contribution in [2.24, 2.45) is 0 Å². The maximum atomic E-state index is 5.85. The van der Waals surface area contributed by atoms with Crippen LogP contribution in [-0.2, 0) is 0 Å². The second kappa shape index (κ2) is 5.45. The summed E-state index contributed by atoms with van der Waals surface area (Å²) >= 11 is 0. The second-order valence-corrected chi connectivity index (χ2v) is 4.13. The Morgan fingerprint density at radius 2 is 1.94 bits per heavy atom. The predicted molar refractivity (Wildman–Crippen MR) is 76.5 cm³/mol. The van der Waals surface area contributed by atoms with Gasteiger partial charge in [0.2, 0.25) is 0 Å². The van der Waals surface area contributed by atoms with Crippen LogP contribution < -0.4 is 15.8 Å². The van der Waals surface area contributed by atoms with E-state index in [1.807, 2.05) is 43.3 Å². The minimum Gasteiger partial charge on any atom is -0.492 e. The summed E-state index contributed by atoms with van der Waals surface area (Å²) < 4.78 is 5.48. The maximum Gasteiger partial charge on any atom is 0.144 e. The summed E-state index contributed by atoms with van der Waals surface area (Å²) in [6.45, 7) is 4.63. The van der Waals surface area contributed by atoms with Crippen molar-refractivity contribution in [3.63, 3.8) is 0 Å². The van der Waals surface area contributed by atoms with Gasteiger partial charge in [-0.05, 0) is 37.6 Å². The first kappa shape index (κ1) is 12.3. The number of hydrogen-bond acceptors (Lipinski definition) is 3. The molecule has 0 heterocycles. The number of nitrogens with two attached hydrogens (primary N) is 1. The molecule has 0 bridgehead atoms. The molecule has 0 unspecified atom stereocenters. The van der Waals surface area contributed by atoms with Gasteiger partial charge in [-0.3, -0.25) is 0 Å². The van der Waals surface area contributed by atoms with Crippen LogP contribution in [0.4, 0.5) is 17.1 Å². The molecule has 0 aliphatic carbocycles. The molecule has 0 radical (unpaired) electrons. The van der Waals surface area contributed by atoms with Crippen molar-refractivity contribution in [2.75, 3.05) is 17.7 Å². The zero-order chi connectivity index (χ0) is 13.0. The number of ether oxygens (including phenoxy) is 1. The Labute approximate surface area is 108 Å². The molecule has 0 aliphatic rings. The number of para-hydroxylation sites is 1. The number of nitrogen functional groups attached to an aromatic ring is 1. The predicted octanol–water partition coefficient (Wildman–Crippen LogP) is 3.72. The quantitative estimate of drug-likeness (QED) is 0.803. The molecule has 3 nitrogen and oxygen atoms in total. The summed E-state index contributed by atoms with van der Waals surface area (Å²) in [6.07, 6.45) is 0. The van der Waals surface area contributed by atoms with Gasteiger partial charge in [-0.2, -0.15) is 0 Å². The molecule has 2 aromatic rings. The molecule has 0 aromatic heterocycles. The third-order valence-corrected chi connectivity index (χ3v) is 2.74. The highest BCUT2D eigenvalue weighted by Gasteiger charge is 2.03. The molecule has 2 rings (SSSR count). The van der Waals surface area contributed by atoms with Gasteiger partial charge in [-0.25, -0.2) is 0 Å². The lowest BCUT2D eigenvalue weighted by molar-refractivity contribution is 0.342. The molecule has 0 fully saturated rings. The molecule has 3 heteroatoms. The van der Waals surface area contributed by atoms with Gasteiger partial charge < -0.3 is 15.8 Å². The molecule has 0 amide bonds. The SMILES string of the molecule is CCOc1cc(Nc2ccccc2C)ccc1N. The van der Waals surface area contributed by atoms with Crippen molar-refractivity contribution in [2.45, 2.75) is 13.8 Å². The summed E-state index contributed by atoms with van der Waals surface area (Å²) in [6, 6.07) is 13.9. The van der Waals surface area contributed by atoms with Gasteiger partial charge in [0.25, 0.3) is 0 Å². The van der Waals surface area contributed by atoms with Gasteiger partial charge >= 0.3 is 0 Å². The number of benzene rings is 2. The van der Waals surface area contributed by atoms with Gasteiger partial charge in [0.1, 0.15) is 5.75 Å². The third kappa shape index (κ3) is 2.74. The van der Waals surface area contributed by atoms with Gasteiger partial charge in [0.05, 0.1) is 12.3 Å². The minimum atomic E-state index is 0.609. The molecule has 0 saturated carbocycles.